The van der Waals surface area contributed by atoms with Crippen molar-refractivity contribution in [1.82, 2.24) is 9.97 Å². The molecule has 0 amide bonds. The molecule has 0 aliphatic heterocycles. The predicted molar refractivity (Wildman–Crippen MR) is 86.6 cm³/mol. The number of rotatable bonds is 3. The number of nitrogens with zero attached hydrogens (tertiary/aromatic N) is 2. The van der Waals surface area contributed by atoms with Crippen LogP contribution in [0.25, 0.3) is 11.1 Å². The van der Waals surface area contributed by atoms with Gasteiger partial charge in [-0.05, 0) is 42.0 Å². The summed E-state index contributed by atoms with van der Waals surface area (Å²) in [6.45, 7) is 0. The zero-order valence-corrected chi connectivity index (χ0v) is 12.2. The van der Waals surface area contributed by atoms with E-state index in [0.29, 0.717) is 16.5 Å². The van der Waals surface area contributed by atoms with Crippen molar-refractivity contribution in [2.24, 2.45) is 0 Å². The van der Waals surface area contributed by atoms with Crippen LogP contribution < -0.4 is 11.1 Å². The number of nitrogens with one attached hydrogen (secondary N) is 1. The Balaban J connectivity index is 2.00. The molecule has 1 aromatic heterocycles. The van der Waals surface area contributed by atoms with Crippen LogP contribution in [0.1, 0.15) is 0 Å². The SMILES string of the molecule is Nc1ncc(-c2ccc(Cl)cc2)c(Nc2ccc(F)cc2)n1. The van der Waals surface area contributed by atoms with E-state index in [0.717, 1.165) is 11.1 Å². The van der Waals surface area contributed by atoms with E-state index in [1.807, 2.05) is 12.1 Å². The Morgan fingerprint density at radius 3 is 2.36 bits per heavy atom. The van der Waals surface area contributed by atoms with Crippen LogP contribution in [0, 0.1) is 5.82 Å². The number of benzene rings is 2. The first-order chi connectivity index (χ1) is 10.6. The molecule has 0 spiro atoms. The summed E-state index contributed by atoms with van der Waals surface area (Å²) >= 11 is 5.91. The predicted octanol–water partition coefficient (Wildman–Crippen LogP) is 4.26. The van der Waals surface area contributed by atoms with Crippen molar-refractivity contribution in [1.29, 1.82) is 0 Å². The Morgan fingerprint density at radius 2 is 1.68 bits per heavy atom. The van der Waals surface area contributed by atoms with Gasteiger partial charge in [0.25, 0.3) is 0 Å². The Bertz CT molecular complexity index is 788. The minimum Gasteiger partial charge on any atom is -0.368 e. The molecule has 6 heteroatoms. The van der Waals surface area contributed by atoms with E-state index in [1.165, 1.54) is 12.1 Å². The molecule has 0 fully saturated rings. The smallest absolute Gasteiger partial charge is 0.221 e. The lowest BCUT2D eigenvalue weighted by Gasteiger charge is -2.11. The van der Waals surface area contributed by atoms with Gasteiger partial charge in [-0.15, -0.1) is 0 Å². The normalized spacial score (nSPS) is 10.5. The van der Waals surface area contributed by atoms with E-state index in [9.17, 15) is 4.39 Å². The number of hydrogen-bond acceptors (Lipinski definition) is 4. The third kappa shape index (κ3) is 3.15. The molecular formula is C16H12ClFN4. The van der Waals surface area contributed by atoms with Crippen LogP contribution in [0.4, 0.5) is 21.8 Å². The molecule has 3 rings (SSSR count). The Labute approximate surface area is 131 Å². The fourth-order valence-electron chi connectivity index (χ4n) is 2.00. The highest BCUT2D eigenvalue weighted by molar-refractivity contribution is 6.30. The van der Waals surface area contributed by atoms with Gasteiger partial charge in [-0.3, -0.25) is 0 Å². The van der Waals surface area contributed by atoms with Crippen LogP contribution in [0.15, 0.2) is 54.7 Å². The van der Waals surface area contributed by atoms with Crippen LogP contribution in [0.3, 0.4) is 0 Å². The number of nitrogen functional groups attached to an aromatic ring is 1. The average molecular weight is 315 g/mol. The lowest BCUT2D eigenvalue weighted by Crippen LogP contribution is -2.02. The number of hydrogen-bond donors (Lipinski definition) is 2. The lowest BCUT2D eigenvalue weighted by molar-refractivity contribution is 0.628. The number of nitrogens with two attached hydrogens (primary N) is 1. The summed E-state index contributed by atoms with van der Waals surface area (Å²) in [7, 11) is 0. The van der Waals surface area contributed by atoms with E-state index in [2.05, 4.69) is 15.3 Å². The van der Waals surface area contributed by atoms with Gasteiger partial charge in [-0.2, -0.15) is 4.98 Å². The molecule has 2 aromatic carbocycles. The number of halogens is 2. The molecule has 0 saturated heterocycles. The molecular weight excluding hydrogens is 303 g/mol. The van der Waals surface area contributed by atoms with Crippen LogP contribution in [-0.4, -0.2) is 9.97 Å². The summed E-state index contributed by atoms with van der Waals surface area (Å²) in [6.07, 6.45) is 1.64. The molecule has 1 heterocycles. The molecule has 0 aliphatic rings. The van der Waals surface area contributed by atoms with Crippen LogP contribution >= 0.6 is 11.6 Å². The Hall–Kier alpha value is -2.66. The largest absolute Gasteiger partial charge is 0.368 e. The zero-order valence-electron chi connectivity index (χ0n) is 11.4. The highest BCUT2D eigenvalue weighted by atomic mass is 35.5. The quantitative estimate of drug-likeness (QED) is 0.758. The summed E-state index contributed by atoms with van der Waals surface area (Å²) in [5, 5.41) is 3.77. The average Bonchev–Trinajstić information content (AvgIpc) is 2.51. The minimum absolute atomic E-state index is 0.155. The molecule has 0 bridgehead atoms. The van der Waals surface area contributed by atoms with Gasteiger partial charge in [0, 0.05) is 22.5 Å². The van der Waals surface area contributed by atoms with Crippen molar-refractivity contribution in [3.8, 4) is 11.1 Å². The second-order valence-electron chi connectivity index (χ2n) is 4.63. The summed E-state index contributed by atoms with van der Waals surface area (Å²) in [6, 6.07) is 13.3. The van der Waals surface area contributed by atoms with Gasteiger partial charge in [0.05, 0.1) is 0 Å². The van der Waals surface area contributed by atoms with Crippen molar-refractivity contribution in [3.63, 3.8) is 0 Å². The van der Waals surface area contributed by atoms with Gasteiger partial charge in [-0.25, -0.2) is 9.37 Å². The maximum atomic E-state index is 13.0. The molecule has 0 saturated carbocycles. The topological polar surface area (TPSA) is 63.8 Å². The molecule has 22 heavy (non-hydrogen) atoms. The number of anilines is 3. The fourth-order valence-corrected chi connectivity index (χ4v) is 2.13. The van der Waals surface area contributed by atoms with E-state index in [4.69, 9.17) is 17.3 Å². The highest BCUT2D eigenvalue weighted by Crippen LogP contribution is 2.29. The second kappa shape index (κ2) is 5.99. The first kappa shape index (κ1) is 14.3. The molecule has 3 N–H and O–H groups in total. The highest BCUT2D eigenvalue weighted by Gasteiger charge is 2.09. The molecule has 0 unspecified atom stereocenters. The van der Waals surface area contributed by atoms with Gasteiger partial charge < -0.3 is 11.1 Å². The van der Waals surface area contributed by atoms with Gasteiger partial charge in [-0.1, -0.05) is 23.7 Å². The molecule has 4 nitrogen and oxygen atoms in total. The van der Waals surface area contributed by atoms with Crippen LogP contribution in [0.2, 0.25) is 5.02 Å². The van der Waals surface area contributed by atoms with E-state index < -0.39 is 0 Å². The van der Waals surface area contributed by atoms with Gasteiger partial charge in [0.15, 0.2) is 0 Å². The van der Waals surface area contributed by atoms with Crippen molar-refractivity contribution in [3.05, 3.63) is 65.6 Å². The first-order valence-electron chi connectivity index (χ1n) is 6.53. The third-order valence-corrected chi connectivity index (χ3v) is 3.32. The Kier molecular flexibility index (Phi) is 3.89. The molecule has 0 atom stereocenters. The van der Waals surface area contributed by atoms with Gasteiger partial charge in [0.2, 0.25) is 5.95 Å². The van der Waals surface area contributed by atoms with Gasteiger partial charge in [0.1, 0.15) is 11.6 Å². The first-order valence-corrected chi connectivity index (χ1v) is 6.91. The Morgan fingerprint density at radius 1 is 1.00 bits per heavy atom. The summed E-state index contributed by atoms with van der Waals surface area (Å²) in [4.78, 5) is 8.25. The molecule has 110 valence electrons. The van der Waals surface area contributed by atoms with Crippen molar-refractivity contribution in [2.45, 2.75) is 0 Å². The lowest BCUT2D eigenvalue weighted by atomic mass is 10.1. The second-order valence-corrected chi connectivity index (χ2v) is 5.07. The zero-order chi connectivity index (χ0) is 15.5. The van der Waals surface area contributed by atoms with Crippen molar-refractivity contribution in [2.75, 3.05) is 11.1 Å². The van der Waals surface area contributed by atoms with Crippen molar-refractivity contribution < 1.29 is 4.39 Å². The maximum absolute atomic E-state index is 13.0. The molecule has 0 aliphatic carbocycles. The summed E-state index contributed by atoms with van der Waals surface area (Å²) in [5.74, 6) is 0.398. The van der Waals surface area contributed by atoms with Crippen LogP contribution in [-0.2, 0) is 0 Å². The van der Waals surface area contributed by atoms with E-state index in [1.54, 1.807) is 30.5 Å². The van der Waals surface area contributed by atoms with Crippen LogP contribution in [0.5, 0.6) is 0 Å². The monoisotopic (exact) mass is 314 g/mol. The molecule has 0 radical (unpaired) electrons. The van der Waals surface area contributed by atoms with E-state index >= 15 is 0 Å². The number of aromatic nitrogens is 2. The van der Waals surface area contributed by atoms with Crippen molar-refractivity contribution >= 4 is 29.1 Å². The minimum atomic E-state index is -0.300. The molecule has 3 aromatic rings. The summed E-state index contributed by atoms with van der Waals surface area (Å²) in [5.41, 5.74) is 8.04. The summed E-state index contributed by atoms with van der Waals surface area (Å²) < 4.78 is 13.0. The standard InChI is InChI=1S/C16H12ClFN4/c17-11-3-1-10(2-4-11)14-9-20-16(19)22-15(14)21-13-7-5-12(18)6-8-13/h1-9H,(H3,19,20,21,22). The van der Waals surface area contributed by atoms with E-state index in [-0.39, 0.29) is 11.8 Å². The third-order valence-electron chi connectivity index (χ3n) is 3.07. The van der Waals surface area contributed by atoms with Gasteiger partial charge >= 0.3 is 0 Å². The maximum Gasteiger partial charge on any atom is 0.221 e. The fraction of sp³-hybridized carbons (Fsp3) is 0.